The van der Waals surface area contributed by atoms with Gasteiger partial charge in [0.05, 0.1) is 0 Å². The molecule has 0 aliphatic rings. The number of ether oxygens (including phenoxy) is 2. The molecule has 3 heteroatoms. The first-order valence-corrected chi connectivity index (χ1v) is 14.7. The van der Waals surface area contributed by atoms with E-state index in [-0.39, 0.29) is 18.7 Å². The summed E-state index contributed by atoms with van der Waals surface area (Å²) >= 11 is 0. The van der Waals surface area contributed by atoms with Gasteiger partial charge >= 0.3 is 5.97 Å². The van der Waals surface area contributed by atoms with Gasteiger partial charge in [0, 0.05) is 5.57 Å². The fourth-order valence-electron chi connectivity index (χ4n) is 4.43. The van der Waals surface area contributed by atoms with Crippen molar-refractivity contribution in [3.05, 3.63) is 42.5 Å². The summed E-state index contributed by atoms with van der Waals surface area (Å²) in [6, 6.07) is 9.79. The Hall–Kier alpha value is -1.77. The molecule has 1 rings (SSSR count). The number of rotatable bonds is 24. The van der Waals surface area contributed by atoms with E-state index in [0.29, 0.717) is 5.57 Å². The molecule has 3 nitrogen and oxygen atoms in total. The monoisotopic (exact) mass is 486 g/mol. The van der Waals surface area contributed by atoms with Gasteiger partial charge < -0.3 is 9.47 Å². The van der Waals surface area contributed by atoms with Crippen LogP contribution in [0.5, 0.6) is 5.75 Å². The Labute approximate surface area is 217 Å². The first-order chi connectivity index (χ1) is 17.1. The van der Waals surface area contributed by atoms with E-state index in [9.17, 15) is 4.79 Å². The van der Waals surface area contributed by atoms with Gasteiger partial charge in [0.1, 0.15) is 18.5 Å². The van der Waals surface area contributed by atoms with E-state index >= 15 is 0 Å². The molecule has 0 bridgehead atoms. The van der Waals surface area contributed by atoms with Crippen molar-refractivity contribution in [1.82, 2.24) is 0 Å². The minimum atomic E-state index is -0.343. The van der Waals surface area contributed by atoms with Crippen molar-refractivity contribution >= 4 is 5.97 Å². The van der Waals surface area contributed by atoms with Crippen LogP contribution in [-0.4, -0.2) is 18.7 Å². The maximum absolute atomic E-state index is 11.8. The van der Waals surface area contributed by atoms with Crippen LogP contribution in [0.2, 0.25) is 0 Å². The molecule has 0 aliphatic heterocycles. The fraction of sp³-hybridized carbons (Fsp3) is 0.719. The SMILES string of the molecule is C=C(C)C(=O)OCC(CCCCCCCCCCCCCCCCCCCC)Oc1ccccc1. The zero-order chi connectivity index (χ0) is 25.4. The maximum Gasteiger partial charge on any atom is 0.333 e. The molecule has 1 unspecified atom stereocenters. The highest BCUT2D eigenvalue weighted by Crippen LogP contribution is 2.17. The Morgan fingerprint density at radius 3 is 1.57 bits per heavy atom. The average Bonchev–Trinajstić information content (AvgIpc) is 2.86. The molecule has 1 aromatic carbocycles. The molecule has 0 saturated carbocycles. The molecule has 0 amide bonds. The minimum absolute atomic E-state index is 0.109. The second kappa shape index (κ2) is 22.7. The summed E-state index contributed by atoms with van der Waals surface area (Å²) in [6.07, 6.45) is 25.5. The Balaban J connectivity index is 1.98. The number of para-hydroxylation sites is 1. The summed E-state index contributed by atoms with van der Waals surface area (Å²) in [5.74, 6) is 0.482. The third-order valence-electron chi connectivity index (χ3n) is 6.67. The van der Waals surface area contributed by atoms with E-state index < -0.39 is 0 Å². The molecular weight excluding hydrogens is 432 g/mol. The minimum Gasteiger partial charge on any atom is -0.487 e. The van der Waals surface area contributed by atoms with Gasteiger partial charge in [-0.25, -0.2) is 4.79 Å². The van der Waals surface area contributed by atoms with Crippen molar-refractivity contribution < 1.29 is 14.3 Å². The Morgan fingerprint density at radius 2 is 1.14 bits per heavy atom. The van der Waals surface area contributed by atoms with E-state index in [4.69, 9.17) is 9.47 Å². The number of carbonyl (C=O) groups excluding carboxylic acids is 1. The van der Waals surface area contributed by atoms with Crippen LogP contribution in [0, 0.1) is 0 Å². The zero-order valence-corrected chi connectivity index (χ0v) is 23.0. The highest BCUT2D eigenvalue weighted by molar-refractivity contribution is 5.86. The first kappa shape index (κ1) is 31.3. The lowest BCUT2D eigenvalue weighted by atomic mass is 10.0. The third kappa shape index (κ3) is 19.1. The largest absolute Gasteiger partial charge is 0.487 e. The van der Waals surface area contributed by atoms with Crippen molar-refractivity contribution in [1.29, 1.82) is 0 Å². The van der Waals surface area contributed by atoms with Crippen LogP contribution in [0.1, 0.15) is 136 Å². The summed E-state index contributed by atoms with van der Waals surface area (Å²) in [7, 11) is 0. The lowest BCUT2D eigenvalue weighted by Crippen LogP contribution is -2.25. The lowest BCUT2D eigenvalue weighted by molar-refractivity contribution is -0.141. The van der Waals surface area contributed by atoms with Crippen LogP contribution < -0.4 is 4.74 Å². The van der Waals surface area contributed by atoms with Gasteiger partial charge in [0.2, 0.25) is 0 Å². The molecule has 0 radical (unpaired) electrons. The summed E-state index contributed by atoms with van der Waals surface area (Å²) in [5.41, 5.74) is 0.427. The van der Waals surface area contributed by atoms with Crippen molar-refractivity contribution in [2.24, 2.45) is 0 Å². The van der Waals surface area contributed by atoms with Crippen molar-refractivity contribution in [2.45, 2.75) is 142 Å². The van der Waals surface area contributed by atoms with Gasteiger partial charge in [0.15, 0.2) is 0 Å². The van der Waals surface area contributed by atoms with E-state index in [2.05, 4.69) is 13.5 Å². The summed E-state index contributed by atoms with van der Waals surface area (Å²) in [4.78, 5) is 11.8. The number of benzene rings is 1. The van der Waals surface area contributed by atoms with E-state index in [0.717, 1.165) is 18.6 Å². The second-order valence-corrected chi connectivity index (χ2v) is 10.2. The van der Waals surface area contributed by atoms with Crippen LogP contribution in [0.4, 0.5) is 0 Å². The highest BCUT2D eigenvalue weighted by atomic mass is 16.6. The Kier molecular flexibility index (Phi) is 20.3. The van der Waals surface area contributed by atoms with Gasteiger partial charge in [-0.1, -0.05) is 141 Å². The van der Waals surface area contributed by atoms with Crippen LogP contribution >= 0.6 is 0 Å². The number of esters is 1. The van der Waals surface area contributed by atoms with Crippen LogP contribution in [-0.2, 0) is 9.53 Å². The van der Waals surface area contributed by atoms with E-state index in [1.807, 2.05) is 30.3 Å². The van der Waals surface area contributed by atoms with Gasteiger partial charge in [-0.15, -0.1) is 0 Å². The van der Waals surface area contributed by atoms with Gasteiger partial charge in [-0.05, 0) is 31.9 Å². The molecule has 1 aromatic rings. The molecule has 35 heavy (non-hydrogen) atoms. The first-order valence-electron chi connectivity index (χ1n) is 14.7. The molecule has 200 valence electrons. The Bertz CT molecular complexity index is 625. The molecular formula is C32H54O3. The summed E-state index contributed by atoms with van der Waals surface area (Å²) in [5, 5.41) is 0. The number of hydrogen-bond acceptors (Lipinski definition) is 3. The van der Waals surface area contributed by atoms with E-state index in [1.165, 1.54) is 109 Å². The molecule has 0 saturated heterocycles. The fourth-order valence-corrected chi connectivity index (χ4v) is 4.43. The molecule has 0 aliphatic carbocycles. The molecule has 0 fully saturated rings. The average molecular weight is 487 g/mol. The number of carbonyl (C=O) groups is 1. The highest BCUT2D eigenvalue weighted by Gasteiger charge is 2.14. The zero-order valence-electron chi connectivity index (χ0n) is 23.0. The predicted molar refractivity (Wildman–Crippen MR) is 150 cm³/mol. The lowest BCUT2D eigenvalue weighted by Gasteiger charge is -2.19. The Morgan fingerprint density at radius 1 is 0.714 bits per heavy atom. The topological polar surface area (TPSA) is 35.5 Å². The maximum atomic E-state index is 11.8. The van der Waals surface area contributed by atoms with Gasteiger partial charge in [-0.2, -0.15) is 0 Å². The molecule has 0 aromatic heterocycles. The van der Waals surface area contributed by atoms with Crippen LogP contribution in [0.3, 0.4) is 0 Å². The van der Waals surface area contributed by atoms with Crippen LogP contribution in [0.15, 0.2) is 42.5 Å². The quantitative estimate of drug-likeness (QED) is 0.0828. The molecule has 0 heterocycles. The summed E-state index contributed by atoms with van der Waals surface area (Å²) in [6.45, 7) is 7.89. The third-order valence-corrected chi connectivity index (χ3v) is 6.67. The van der Waals surface area contributed by atoms with Crippen molar-refractivity contribution in [3.63, 3.8) is 0 Å². The molecule has 1 atom stereocenters. The van der Waals surface area contributed by atoms with E-state index in [1.54, 1.807) is 6.92 Å². The standard InChI is InChI=1S/C32H54O3/c1-4-5-6-7-8-9-10-11-12-13-14-15-16-17-18-19-20-22-27-31(28-34-32(33)29(2)3)35-30-25-23-21-24-26-30/h21,23-26,31H,2,4-20,22,27-28H2,1,3H3. The predicted octanol–water partition coefficient (Wildman–Crippen LogP) is 9.99. The van der Waals surface area contributed by atoms with Gasteiger partial charge in [0.25, 0.3) is 0 Å². The molecule has 0 N–H and O–H groups in total. The summed E-state index contributed by atoms with van der Waals surface area (Å²) < 4.78 is 11.4. The normalized spacial score (nSPS) is 11.8. The van der Waals surface area contributed by atoms with Gasteiger partial charge in [-0.3, -0.25) is 0 Å². The van der Waals surface area contributed by atoms with Crippen molar-refractivity contribution in [3.8, 4) is 5.75 Å². The smallest absolute Gasteiger partial charge is 0.333 e. The van der Waals surface area contributed by atoms with Crippen LogP contribution in [0.25, 0.3) is 0 Å². The number of hydrogen-bond donors (Lipinski definition) is 0. The number of unbranched alkanes of at least 4 members (excludes halogenated alkanes) is 17. The van der Waals surface area contributed by atoms with Crippen molar-refractivity contribution in [2.75, 3.05) is 6.61 Å². The molecule has 0 spiro atoms. The second-order valence-electron chi connectivity index (χ2n) is 10.2.